The number of fused-ring (bicyclic) bond motifs is 1. The number of hydrogen-bond acceptors (Lipinski definition) is 4. The second-order valence-corrected chi connectivity index (χ2v) is 4.99. The number of ether oxygens (including phenoxy) is 1. The quantitative estimate of drug-likeness (QED) is 0.689. The first-order chi connectivity index (χ1) is 10.1. The summed E-state index contributed by atoms with van der Waals surface area (Å²) in [6.07, 6.45) is 0. The van der Waals surface area contributed by atoms with E-state index in [1.165, 1.54) is 0 Å². The van der Waals surface area contributed by atoms with Gasteiger partial charge in [0.05, 0.1) is 16.0 Å². The molecular formula is C14H10ClFN2O3. The molecule has 0 radical (unpaired) electrons. The Balaban J connectivity index is 1.96. The topological polar surface area (TPSA) is 64.4 Å². The summed E-state index contributed by atoms with van der Waals surface area (Å²) in [6, 6.07) is 9.11. The van der Waals surface area contributed by atoms with Crippen molar-refractivity contribution < 1.29 is 14.1 Å². The number of nitrogens with one attached hydrogen (secondary N) is 1. The number of para-hydroxylation sites is 1. The Morgan fingerprint density at radius 3 is 2.90 bits per heavy atom. The summed E-state index contributed by atoms with van der Waals surface area (Å²) in [6.45, 7) is 0.320. The van der Waals surface area contributed by atoms with Crippen molar-refractivity contribution in [1.82, 2.24) is 0 Å². The van der Waals surface area contributed by atoms with E-state index in [2.05, 4.69) is 5.32 Å². The summed E-state index contributed by atoms with van der Waals surface area (Å²) in [5.74, 6) is 0.00376. The standard InChI is InChI=1S/C14H10ClFN2O3/c15-9-5-13(18(19)20)11(6-10(9)16)17-12-7-21-14-4-2-1-3-8(12)14/h1-6,12,17H,7H2. The SMILES string of the molecule is O=[N+]([O-])c1cc(Cl)c(F)cc1NC1COc2ccccc21. The molecule has 7 heteroatoms. The van der Waals surface area contributed by atoms with Gasteiger partial charge in [0.2, 0.25) is 0 Å². The van der Waals surface area contributed by atoms with Crippen molar-refractivity contribution >= 4 is 23.0 Å². The minimum Gasteiger partial charge on any atom is -0.491 e. The monoisotopic (exact) mass is 308 g/mol. The molecule has 108 valence electrons. The zero-order valence-corrected chi connectivity index (χ0v) is 11.4. The van der Waals surface area contributed by atoms with Crippen molar-refractivity contribution in [2.24, 2.45) is 0 Å². The second-order valence-electron chi connectivity index (χ2n) is 4.59. The molecule has 0 aromatic heterocycles. The van der Waals surface area contributed by atoms with Crippen LogP contribution in [-0.4, -0.2) is 11.5 Å². The summed E-state index contributed by atoms with van der Waals surface area (Å²) in [4.78, 5) is 10.5. The van der Waals surface area contributed by atoms with Crippen LogP contribution in [0.1, 0.15) is 11.6 Å². The van der Waals surface area contributed by atoms with Gasteiger partial charge in [-0.2, -0.15) is 0 Å². The van der Waals surface area contributed by atoms with Gasteiger partial charge in [-0.05, 0) is 6.07 Å². The van der Waals surface area contributed by atoms with Crippen LogP contribution in [0.25, 0.3) is 0 Å². The Morgan fingerprint density at radius 1 is 1.38 bits per heavy atom. The van der Waals surface area contributed by atoms with Gasteiger partial charge in [-0.15, -0.1) is 0 Å². The Bertz CT molecular complexity index is 723. The van der Waals surface area contributed by atoms with Crippen molar-refractivity contribution in [2.45, 2.75) is 6.04 Å². The highest BCUT2D eigenvalue weighted by Crippen LogP contribution is 2.37. The van der Waals surface area contributed by atoms with E-state index in [0.29, 0.717) is 12.4 Å². The normalized spacial score (nSPS) is 16.2. The Kier molecular flexibility index (Phi) is 3.39. The van der Waals surface area contributed by atoms with E-state index in [4.69, 9.17) is 16.3 Å². The van der Waals surface area contributed by atoms with Crippen LogP contribution in [-0.2, 0) is 0 Å². The molecule has 0 bridgehead atoms. The summed E-state index contributed by atoms with van der Waals surface area (Å²) < 4.78 is 19.1. The Labute approximate surface area is 124 Å². The van der Waals surface area contributed by atoms with E-state index < -0.39 is 10.7 Å². The molecule has 0 saturated carbocycles. The summed E-state index contributed by atoms with van der Waals surface area (Å²) >= 11 is 5.60. The van der Waals surface area contributed by atoms with E-state index in [1.807, 2.05) is 24.3 Å². The number of hydrogen-bond donors (Lipinski definition) is 1. The second kappa shape index (κ2) is 5.21. The highest BCUT2D eigenvalue weighted by Gasteiger charge is 2.27. The molecule has 1 aliphatic rings. The number of nitrogens with zero attached hydrogens (tertiary/aromatic N) is 1. The zero-order valence-electron chi connectivity index (χ0n) is 10.7. The number of nitro groups is 1. The average molecular weight is 309 g/mol. The maximum absolute atomic E-state index is 13.6. The van der Waals surface area contributed by atoms with Gasteiger partial charge in [0, 0.05) is 17.7 Å². The molecule has 1 aliphatic heterocycles. The fourth-order valence-electron chi connectivity index (χ4n) is 2.27. The van der Waals surface area contributed by atoms with E-state index in [9.17, 15) is 14.5 Å². The van der Waals surface area contributed by atoms with Gasteiger partial charge in [0.1, 0.15) is 23.9 Å². The van der Waals surface area contributed by atoms with Crippen LogP contribution in [0.2, 0.25) is 5.02 Å². The van der Waals surface area contributed by atoms with E-state index >= 15 is 0 Å². The number of rotatable bonds is 3. The van der Waals surface area contributed by atoms with Gasteiger partial charge in [-0.1, -0.05) is 29.8 Å². The highest BCUT2D eigenvalue weighted by molar-refractivity contribution is 6.31. The molecule has 2 aromatic carbocycles. The summed E-state index contributed by atoms with van der Waals surface area (Å²) in [5, 5.41) is 13.7. The molecule has 0 saturated heterocycles. The minimum atomic E-state index is -0.711. The molecule has 21 heavy (non-hydrogen) atoms. The molecule has 1 heterocycles. The van der Waals surface area contributed by atoms with Gasteiger partial charge in [0.25, 0.3) is 5.69 Å². The zero-order chi connectivity index (χ0) is 15.0. The molecular weight excluding hydrogens is 299 g/mol. The van der Waals surface area contributed by atoms with Crippen LogP contribution in [0.15, 0.2) is 36.4 Å². The largest absolute Gasteiger partial charge is 0.491 e. The van der Waals surface area contributed by atoms with Gasteiger partial charge >= 0.3 is 0 Å². The van der Waals surface area contributed by atoms with Crippen LogP contribution in [0.3, 0.4) is 0 Å². The van der Waals surface area contributed by atoms with Crippen LogP contribution in [0, 0.1) is 15.9 Å². The lowest BCUT2D eigenvalue weighted by atomic mass is 10.1. The molecule has 3 rings (SSSR count). The first-order valence-electron chi connectivity index (χ1n) is 6.18. The fraction of sp³-hybridized carbons (Fsp3) is 0.143. The molecule has 0 fully saturated rings. The van der Waals surface area contributed by atoms with Crippen LogP contribution < -0.4 is 10.1 Å². The van der Waals surface area contributed by atoms with E-state index in [1.54, 1.807) is 0 Å². The molecule has 0 spiro atoms. The molecule has 2 aromatic rings. The van der Waals surface area contributed by atoms with Crippen molar-refractivity contribution in [3.05, 3.63) is 62.9 Å². The predicted octanol–water partition coefficient (Wildman–Crippen LogP) is 3.93. The van der Waals surface area contributed by atoms with Crippen molar-refractivity contribution in [2.75, 3.05) is 11.9 Å². The third-order valence-electron chi connectivity index (χ3n) is 3.26. The van der Waals surface area contributed by atoms with Gasteiger partial charge in [-0.3, -0.25) is 10.1 Å². The molecule has 0 amide bonds. The lowest BCUT2D eigenvalue weighted by molar-refractivity contribution is -0.384. The maximum Gasteiger partial charge on any atom is 0.294 e. The molecule has 1 N–H and O–H groups in total. The minimum absolute atomic E-state index is 0.0761. The Morgan fingerprint density at radius 2 is 2.14 bits per heavy atom. The number of nitro benzene ring substituents is 1. The number of benzene rings is 2. The first kappa shape index (κ1) is 13.6. The number of anilines is 1. The third-order valence-corrected chi connectivity index (χ3v) is 3.55. The van der Waals surface area contributed by atoms with Gasteiger partial charge in [-0.25, -0.2) is 4.39 Å². The Hall–Kier alpha value is -2.34. The fourth-order valence-corrected chi connectivity index (χ4v) is 2.43. The van der Waals surface area contributed by atoms with Crippen molar-refractivity contribution in [1.29, 1.82) is 0 Å². The summed E-state index contributed by atoms with van der Waals surface area (Å²) in [5.41, 5.74) is 0.681. The lowest BCUT2D eigenvalue weighted by Gasteiger charge is -2.13. The smallest absolute Gasteiger partial charge is 0.294 e. The van der Waals surface area contributed by atoms with Gasteiger partial charge < -0.3 is 10.1 Å². The van der Waals surface area contributed by atoms with Crippen molar-refractivity contribution in [3.63, 3.8) is 0 Å². The molecule has 5 nitrogen and oxygen atoms in total. The van der Waals surface area contributed by atoms with E-state index in [-0.39, 0.29) is 22.4 Å². The van der Waals surface area contributed by atoms with Crippen LogP contribution in [0.5, 0.6) is 5.75 Å². The summed E-state index contributed by atoms with van der Waals surface area (Å²) in [7, 11) is 0. The van der Waals surface area contributed by atoms with Crippen molar-refractivity contribution in [3.8, 4) is 5.75 Å². The molecule has 1 atom stereocenters. The highest BCUT2D eigenvalue weighted by atomic mass is 35.5. The third kappa shape index (κ3) is 2.50. The van der Waals surface area contributed by atoms with E-state index in [0.717, 1.165) is 17.7 Å². The molecule has 0 aliphatic carbocycles. The lowest BCUT2D eigenvalue weighted by Crippen LogP contribution is -2.13. The van der Waals surface area contributed by atoms with Gasteiger partial charge in [0.15, 0.2) is 0 Å². The van der Waals surface area contributed by atoms with Crippen LogP contribution in [0.4, 0.5) is 15.8 Å². The average Bonchev–Trinajstić information content (AvgIpc) is 2.86. The number of halogens is 2. The molecule has 1 unspecified atom stereocenters. The van der Waals surface area contributed by atoms with Crippen LogP contribution >= 0.6 is 11.6 Å². The maximum atomic E-state index is 13.6. The predicted molar refractivity (Wildman–Crippen MR) is 76.4 cm³/mol. The first-order valence-corrected chi connectivity index (χ1v) is 6.56.